The fraction of sp³-hybridized carbons (Fsp3) is 0.923. The molecule has 1 aromatic rings. The van der Waals surface area contributed by atoms with Crippen molar-refractivity contribution in [3.8, 4) is 0 Å². The van der Waals surface area contributed by atoms with E-state index in [0.29, 0.717) is 5.41 Å². The van der Waals surface area contributed by atoms with Gasteiger partial charge in [0.2, 0.25) is 0 Å². The van der Waals surface area contributed by atoms with Gasteiger partial charge in [0, 0.05) is 13.1 Å². The van der Waals surface area contributed by atoms with Crippen molar-refractivity contribution in [1.29, 1.82) is 0 Å². The molecular formula is C13H23N5. The highest BCUT2D eigenvalue weighted by Gasteiger charge is 2.45. The van der Waals surface area contributed by atoms with E-state index in [1.807, 2.05) is 0 Å². The van der Waals surface area contributed by atoms with Gasteiger partial charge in [-0.3, -0.25) is 4.90 Å². The van der Waals surface area contributed by atoms with Crippen LogP contribution in [0.3, 0.4) is 0 Å². The van der Waals surface area contributed by atoms with E-state index in [9.17, 15) is 0 Å². The maximum Gasteiger partial charge on any atom is 0.188 e. The van der Waals surface area contributed by atoms with Gasteiger partial charge in [0.15, 0.2) is 5.82 Å². The minimum Gasteiger partial charge on any atom is -0.295 e. The SMILES string of the molecule is CC(C)C1CCC2(CC1)CN(Cc1nn[nH]n1)C2. The normalized spacial score (nSPS) is 24.6. The molecule has 1 aromatic heterocycles. The molecule has 2 heterocycles. The second kappa shape index (κ2) is 4.61. The number of rotatable bonds is 3. The molecule has 1 saturated heterocycles. The summed E-state index contributed by atoms with van der Waals surface area (Å²) in [5.41, 5.74) is 0.620. The van der Waals surface area contributed by atoms with E-state index < -0.39 is 0 Å². The Balaban J connectivity index is 1.47. The van der Waals surface area contributed by atoms with E-state index in [-0.39, 0.29) is 0 Å². The first-order valence-corrected chi connectivity index (χ1v) is 7.12. The van der Waals surface area contributed by atoms with Gasteiger partial charge in [0.25, 0.3) is 0 Å². The molecule has 100 valence electrons. The lowest BCUT2D eigenvalue weighted by atomic mass is 9.64. The lowest BCUT2D eigenvalue weighted by Gasteiger charge is -2.53. The number of hydrogen-bond acceptors (Lipinski definition) is 4. The fourth-order valence-corrected chi connectivity index (χ4v) is 3.70. The van der Waals surface area contributed by atoms with Crippen molar-refractivity contribution in [2.24, 2.45) is 17.3 Å². The first-order chi connectivity index (χ1) is 8.67. The topological polar surface area (TPSA) is 57.7 Å². The van der Waals surface area contributed by atoms with Crippen molar-refractivity contribution in [1.82, 2.24) is 25.5 Å². The van der Waals surface area contributed by atoms with Crippen molar-refractivity contribution in [3.05, 3.63) is 5.82 Å². The van der Waals surface area contributed by atoms with Crippen molar-refractivity contribution < 1.29 is 0 Å². The summed E-state index contributed by atoms with van der Waals surface area (Å²) < 4.78 is 0. The quantitative estimate of drug-likeness (QED) is 0.888. The molecule has 0 aromatic carbocycles. The number of tetrazole rings is 1. The molecule has 5 heteroatoms. The smallest absolute Gasteiger partial charge is 0.188 e. The van der Waals surface area contributed by atoms with E-state index in [0.717, 1.165) is 24.2 Å². The van der Waals surface area contributed by atoms with Gasteiger partial charge in [-0.05, 0) is 42.9 Å². The number of nitrogens with one attached hydrogen (secondary N) is 1. The summed E-state index contributed by atoms with van der Waals surface area (Å²) in [7, 11) is 0. The monoisotopic (exact) mass is 249 g/mol. The van der Waals surface area contributed by atoms with Crippen LogP contribution in [0.25, 0.3) is 0 Å². The largest absolute Gasteiger partial charge is 0.295 e. The van der Waals surface area contributed by atoms with Gasteiger partial charge < -0.3 is 0 Å². The molecule has 2 aliphatic rings. The molecule has 2 fully saturated rings. The first-order valence-electron chi connectivity index (χ1n) is 7.12. The van der Waals surface area contributed by atoms with Gasteiger partial charge in [-0.2, -0.15) is 5.21 Å². The highest BCUT2D eigenvalue weighted by atomic mass is 15.5. The maximum absolute atomic E-state index is 4.02. The fourth-order valence-electron chi connectivity index (χ4n) is 3.70. The summed E-state index contributed by atoms with van der Waals surface area (Å²) in [6.07, 6.45) is 5.68. The van der Waals surface area contributed by atoms with E-state index in [1.54, 1.807) is 0 Å². The van der Waals surface area contributed by atoms with Crippen molar-refractivity contribution in [3.63, 3.8) is 0 Å². The van der Waals surface area contributed by atoms with Gasteiger partial charge in [-0.25, -0.2) is 0 Å². The van der Waals surface area contributed by atoms with E-state index in [2.05, 4.69) is 39.4 Å². The first kappa shape index (κ1) is 12.1. The molecule has 0 bridgehead atoms. The number of nitrogens with zero attached hydrogens (tertiary/aromatic N) is 4. The third-order valence-corrected chi connectivity index (χ3v) is 4.91. The van der Waals surface area contributed by atoms with Gasteiger partial charge in [-0.1, -0.05) is 19.1 Å². The van der Waals surface area contributed by atoms with Crippen LogP contribution in [0.1, 0.15) is 45.4 Å². The van der Waals surface area contributed by atoms with Crippen LogP contribution in [0.15, 0.2) is 0 Å². The Morgan fingerprint density at radius 3 is 2.61 bits per heavy atom. The van der Waals surface area contributed by atoms with Crippen LogP contribution in [0, 0.1) is 17.3 Å². The van der Waals surface area contributed by atoms with E-state index >= 15 is 0 Å². The predicted octanol–water partition coefficient (Wildman–Crippen LogP) is 1.85. The molecule has 5 nitrogen and oxygen atoms in total. The molecule has 0 radical (unpaired) electrons. The zero-order chi connectivity index (χ0) is 12.6. The average molecular weight is 249 g/mol. The number of hydrogen-bond donors (Lipinski definition) is 1. The van der Waals surface area contributed by atoms with Gasteiger partial charge >= 0.3 is 0 Å². The summed E-state index contributed by atoms with van der Waals surface area (Å²) in [5, 5.41) is 14.2. The molecule has 1 saturated carbocycles. The molecule has 18 heavy (non-hydrogen) atoms. The van der Waals surface area contributed by atoms with Crippen LogP contribution in [0.5, 0.6) is 0 Å². The van der Waals surface area contributed by atoms with Crippen LogP contribution in [-0.4, -0.2) is 38.6 Å². The van der Waals surface area contributed by atoms with Gasteiger partial charge in [0.05, 0.1) is 6.54 Å². The zero-order valence-corrected chi connectivity index (χ0v) is 11.4. The Hall–Kier alpha value is -0.970. The molecule has 3 rings (SSSR count). The predicted molar refractivity (Wildman–Crippen MR) is 68.7 cm³/mol. The summed E-state index contributed by atoms with van der Waals surface area (Å²) in [5.74, 6) is 2.64. The van der Waals surface area contributed by atoms with Gasteiger partial charge in [-0.15, -0.1) is 10.2 Å². The highest BCUT2D eigenvalue weighted by Crippen LogP contribution is 2.47. The van der Waals surface area contributed by atoms with Crippen LogP contribution in [0.4, 0.5) is 0 Å². The van der Waals surface area contributed by atoms with Gasteiger partial charge in [0.1, 0.15) is 0 Å². The van der Waals surface area contributed by atoms with Crippen molar-refractivity contribution in [2.75, 3.05) is 13.1 Å². The Kier molecular flexibility index (Phi) is 3.09. The molecule has 0 amide bonds. The zero-order valence-electron chi connectivity index (χ0n) is 11.4. The van der Waals surface area contributed by atoms with Crippen LogP contribution in [-0.2, 0) is 6.54 Å². The lowest BCUT2D eigenvalue weighted by molar-refractivity contribution is -0.0482. The number of likely N-dealkylation sites (tertiary alicyclic amines) is 1. The summed E-state index contributed by atoms with van der Waals surface area (Å²) in [6, 6.07) is 0. The number of aromatic nitrogens is 4. The average Bonchev–Trinajstić information content (AvgIpc) is 2.80. The Bertz CT molecular complexity index is 370. The van der Waals surface area contributed by atoms with E-state index in [4.69, 9.17) is 0 Å². The molecule has 1 spiro atoms. The molecule has 0 atom stereocenters. The third kappa shape index (κ3) is 2.28. The van der Waals surface area contributed by atoms with Crippen LogP contribution in [0.2, 0.25) is 0 Å². The van der Waals surface area contributed by atoms with Crippen molar-refractivity contribution in [2.45, 2.75) is 46.1 Å². The molecule has 0 unspecified atom stereocenters. The Morgan fingerprint density at radius 1 is 1.33 bits per heavy atom. The minimum absolute atomic E-state index is 0.620. The molecule has 1 N–H and O–H groups in total. The lowest BCUT2D eigenvalue weighted by Crippen LogP contribution is -2.57. The Morgan fingerprint density at radius 2 is 2.06 bits per heavy atom. The van der Waals surface area contributed by atoms with E-state index in [1.165, 1.54) is 38.8 Å². The highest BCUT2D eigenvalue weighted by molar-refractivity contribution is 4.99. The minimum atomic E-state index is 0.620. The second-order valence-corrected chi connectivity index (χ2v) is 6.55. The molecule has 1 aliphatic heterocycles. The standard InChI is InChI=1S/C13H23N5/c1-10(2)11-3-5-13(6-4-11)8-18(9-13)7-12-14-16-17-15-12/h10-11H,3-9H2,1-2H3,(H,14,15,16,17). The number of H-pyrrole nitrogens is 1. The van der Waals surface area contributed by atoms with Crippen molar-refractivity contribution >= 4 is 0 Å². The molecular weight excluding hydrogens is 226 g/mol. The Labute approximate surface area is 108 Å². The van der Waals surface area contributed by atoms with Crippen LogP contribution >= 0.6 is 0 Å². The third-order valence-electron chi connectivity index (χ3n) is 4.91. The molecule has 1 aliphatic carbocycles. The summed E-state index contributed by atoms with van der Waals surface area (Å²) in [6.45, 7) is 8.04. The van der Waals surface area contributed by atoms with Crippen LogP contribution < -0.4 is 0 Å². The summed E-state index contributed by atoms with van der Waals surface area (Å²) in [4.78, 5) is 2.44. The maximum atomic E-state index is 4.02. The second-order valence-electron chi connectivity index (χ2n) is 6.55. The summed E-state index contributed by atoms with van der Waals surface area (Å²) >= 11 is 0. The number of aromatic amines is 1.